The van der Waals surface area contributed by atoms with Crippen LogP contribution in [0.3, 0.4) is 0 Å². The number of aromatic carboxylic acids is 1. The lowest BCUT2D eigenvalue weighted by molar-refractivity contribution is 0.0690. The van der Waals surface area contributed by atoms with Crippen LogP contribution >= 0.6 is 0 Å². The van der Waals surface area contributed by atoms with Gasteiger partial charge in [-0.1, -0.05) is 24.3 Å². The van der Waals surface area contributed by atoms with E-state index in [1.807, 2.05) is 0 Å². The first-order chi connectivity index (χ1) is 11.1. The normalized spacial score (nSPS) is 10.5. The van der Waals surface area contributed by atoms with Crippen molar-refractivity contribution in [2.24, 2.45) is 0 Å². The maximum absolute atomic E-state index is 13.5. The number of para-hydroxylation sites is 2. The Labute approximate surface area is 131 Å². The number of nitrogens with zero attached hydrogens (tertiary/aromatic N) is 2. The first kappa shape index (κ1) is 14.8. The summed E-state index contributed by atoms with van der Waals surface area (Å²) in [5, 5.41) is 13.3. The van der Waals surface area contributed by atoms with Gasteiger partial charge in [-0.05, 0) is 30.3 Å². The summed E-state index contributed by atoms with van der Waals surface area (Å²) in [6.45, 7) is 0. The molecule has 0 fully saturated rings. The van der Waals surface area contributed by atoms with Crippen LogP contribution in [0, 0.1) is 5.82 Å². The van der Waals surface area contributed by atoms with E-state index in [1.54, 1.807) is 36.4 Å². The largest absolute Gasteiger partial charge is 0.494 e. The Kier molecular flexibility index (Phi) is 3.80. The average molecular weight is 312 g/mol. The van der Waals surface area contributed by atoms with E-state index in [1.165, 1.54) is 30.0 Å². The summed E-state index contributed by atoms with van der Waals surface area (Å²) < 4.78 is 20.3. The number of halogens is 1. The van der Waals surface area contributed by atoms with Gasteiger partial charge >= 0.3 is 5.97 Å². The second kappa shape index (κ2) is 5.92. The van der Waals surface area contributed by atoms with Crippen molar-refractivity contribution >= 4 is 5.97 Å². The Morgan fingerprint density at radius 3 is 2.65 bits per heavy atom. The van der Waals surface area contributed by atoms with E-state index in [4.69, 9.17) is 4.74 Å². The minimum atomic E-state index is -1.16. The molecule has 5 nitrogen and oxygen atoms in total. The highest BCUT2D eigenvalue weighted by atomic mass is 19.1. The van der Waals surface area contributed by atoms with Crippen LogP contribution in [0.25, 0.3) is 16.9 Å². The molecule has 0 saturated heterocycles. The molecule has 0 bridgehead atoms. The third-order valence-corrected chi connectivity index (χ3v) is 3.36. The van der Waals surface area contributed by atoms with Gasteiger partial charge in [0.25, 0.3) is 0 Å². The maximum Gasteiger partial charge on any atom is 0.356 e. The first-order valence-electron chi connectivity index (χ1n) is 6.83. The molecule has 1 aromatic heterocycles. The Hall–Kier alpha value is -3.15. The Bertz CT molecular complexity index is 874. The highest BCUT2D eigenvalue weighted by Gasteiger charge is 2.18. The smallest absolute Gasteiger partial charge is 0.356 e. The van der Waals surface area contributed by atoms with E-state index in [9.17, 15) is 14.3 Å². The minimum Gasteiger partial charge on any atom is -0.494 e. The minimum absolute atomic E-state index is 0.129. The number of ether oxygens (including phenoxy) is 1. The number of aromatic nitrogens is 2. The molecule has 0 atom stereocenters. The fourth-order valence-electron chi connectivity index (χ4n) is 2.33. The summed E-state index contributed by atoms with van der Waals surface area (Å²) in [5.74, 6) is -1.03. The second-order valence-electron chi connectivity index (χ2n) is 4.81. The van der Waals surface area contributed by atoms with Crippen LogP contribution < -0.4 is 4.74 Å². The van der Waals surface area contributed by atoms with E-state index in [0.717, 1.165) is 0 Å². The van der Waals surface area contributed by atoms with Gasteiger partial charge in [-0.25, -0.2) is 13.9 Å². The van der Waals surface area contributed by atoms with Gasteiger partial charge < -0.3 is 9.84 Å². The molecule has 1 heterocycles. The van der Waals surface area contributed by atoms with Crippen molar-refractivity contribution in [3.63, 3.8) is 0 Å². The topological polar surface area (TPSA) is 64.4 Å². The van der Waals surface area contributed by atoms with Crippen LogP contribution in [0.1, 0.15) is 10.5 Å². The van der Waals surface area contributed by atoms with Gasteiger partial charge in [-0.15, -0.1) is 0 Å². The molecule has 3 aromatic rings. The van der Waals surface area contributed by atoms with Gasteiger partial charge in [0.2, 0.25) is 0 Å². The molecule has 1 N–H and O–H groups in total. The lowest BCUT2D eigenvalue weighted by atomic mass is 10.1. The third kappa shape index (κ3) is 2.78. The molecule has 2 aromatic carbocycles. The number of hydrogen-bond donors (Lipinski definition) is 1. The molecule has 116 valence electrons. The van der Waals surface area contributed by atoms with Crippen molar-refractivity contribution < 1.29 is 19.0 Å². The Balaban J connectivity index is 2.25. The van der Waals surface area contributed by atoms with E-state index in [2.05, 4.69) is 5.10 Å². The lowest BCUT2D eigenvalue weighted by Gasteiger charge is -2.11. The standard InChI is InChI=1S/C17H13FN2O3/c1-23-16-8-3-2-7-14(16)20-15(10-13(19-20)17(21)22)11-5-4-6-12(18)9-11/h2-10H,1H3,(H,21,22). The molecule has 0 unspecified atom stereocenters. The zero-order valence-corrected chi connectivity index (χ0v) is 12.2. The summed E-state index contributed by atoms with van der Waals surface area (Å²) >= 11 is 0. The highest BCUT2D eigenvalue weighted by Crippen LogP contribution is 2.29. The number of carbonyl (C=O) groups is 1. The van der Waals surface area contributed by atoms with E-state index >= 15 is 0 Å². The lowest BCUT2D eigenvalue weighted by Crippen LogP contribution is -2.04. The summed E-state index contributed by atoms with van der Waals surface area (Å²) in [7, 11) is 1.52. The number of hydrogen-bond acceptors (Lipinski definition) is 3. The van der Waals surface area contributed by atoms with E-state index in [0.29, 0.717) is 22.7 Å². The molecular formula is C17H13FN2O3. The third-order valence-electron chi connectivity index (χ3n) is 3.36. The molecule has 0 aliphatic heterocycles. The highest BCUT2D eigenvalue weighted by molar-refractivity contribution is 5.87. The fourth-order valence-corrected chi connectivity index (χ4v) is 2.33. The summed E-state index contributed by atoms with van der Waals surface area (Å²) in [6, 6.07) is 14.4. The number of methoxy groups -OCH3 is 1. The summed E-state index contributed by atoms with van der Waals surface area (Å²) in [4.78, 5) is 11.3. The molecule has 0 spiro atoms. The van der Waals surface area contributed by atoms with Crippen molar-refractivity contribution in [3.05, 3.63) is 66.1 Å². The molecule has 0 saturated carbocycles. The predicted octanol–water partition coefficient (Wildman–Crippen LogP) is 3.39. The van der Waals surface area contributed by atoms with Crippen molar-refractivity contribution in [3.8, 4) is 22.7 Å². The average Bonchev–Trinajstić information content (AvgIpc) is 3.00. The molecule has 0 radical (unpaired) electrons. The predicted molar refractivity (Wildman–Crippen MR) is 82.5 cm³/mol. The number of benzene rings is 2. The first-order valence-corrected chi connectivity index (χ1v) is 6.83. The molecule has 0 amide bonds. The molecule has 3 rings (SSSR count). The second-order valence-corrected chi connectivity index (χ2v) is 4.81. The van der Waals surface area contributed by atoms with Gasteiger partial charge in [-0.3, -0.25) is 0 Å². The van der Waals surface area contributed by atoms with Crippen LogP contribution in [0.15, 0.2) is 54.6 Å². The quantitative estimate of drug-likeness (QED) is 0.802. The molecule has 23 heavy (non-hydrogen) atoms. The van der Waals surface area contributed by atoms with Crippen LogP contribution in [0.4, 0.5) is 4.39 Å². The zero-order chi connectivity index (χ0) is 16.4. The zero-order valence-electron chi connectivity index (χ0n) is 12.2. The number of rotatable bonds is 4. The van der Waals surface area contributed by atoms with E-state index in [-0.39, 0.29) is 5.69 Å². The maximum atomic E-state index is 13.5. The van der Waals surface area contributed by atoms with Gasteiger partial charge in [0.15, 0.2) is 5.69 Å². The number of carboxylic acid groups (broad SMARTS) is 1. The van der Waals surface area contributed by atoms with Crippen molar-refractivity contribution in [2.75, 3.05) is 7.11 Å². The Morgan fingerprint density at radius 1 is 1.17 bits per heavy atom. The van der Waals surface area contributed by atoms with Gasteiger partial charge in [0.05, 0.1) is 12.8 Å². The van der Waals surface area contributed by atoms with Gasteiger partial charge in [0, 0.05) is 5.56 Å². The van der Waals surface area contributed by atoms with Crippen LogP contribution in [0.5, 0.6) is 5.75 Å². The van der Waals surface area contributed by atoms with E-state index < -0.39 is 11.8 Å². The number of carboxylic acids is 1. The fraction of sp³-hybridized carbons (Fsp3) is 0.0588. The van der Waals surface area contributed by atoms with Crippen LogP contribution in [-0.2, 0) is 0 Å². The van der Waals surface area contributed by atoms with Crippen molar-refractivity contribution in [1.29, 1.82) is 0 Å². The SMILES string of the molecule is COc1ccccc1-n1nc(C(=O)O)cc1-c1cccc(F)c1. The Morgan fingerprint density at radius 2 is 1.96 bits per heavy atom. The van der Waals surface area contributed by atoms with Crippen LogP contribution in [-0.4, -0.2) is 28.0 Å². The molecule has 0 aliphatic carbocycles. The van der Waals surface area contributed by atoms with Gasteiger partial charge in [0.1, 0.15) is 17.3 Å². The van der Waals surface area contributed by atoms with Crippen LogP contribution in [0.2, 0.25) is 0 Å². The van der Waals surface area contributed by atoms with Crippen molar-refractivity contribution in [2.45, 2.75) is 0 Å². The van der Waals surface area contributed by atoms with Crippen molar-refractivity contribution in [1.82, 2.24) is 9.78 Å². The molecular weight excluding hydrogens is 299 g/mol. The monoisotopic (exact) mass is 312 g/mol. The summed E-state index contributed by atoms with van der Waals surface area (Å²) in [5.41, 5.74) is 1.43. The summed E-state index contributed by atoms with van der Waals surface area (Å²) in [6.07, 6.45) is 0. The molecule has 6 heteroatoms. The molecule has 0 aliphatic rings. The van der Waals surface area contributed by atoms with Gasteiger partial charge in [-0.2, -0.15) is 5.10 Å².